The van der Waals surface area contributed by atoms with E-state index in [4.69, 9.17) is 0 Å². The second-order valence-corrected chi connectivity index (χ2v) is 6.29. The van der Waals surface area contributed by atoms with Crippen molar-refractivity contribution in [2.24, 2.45) is 5.92 Å². The van der Waals surface area contributed by atoms with Crippen molar-refractivity contribution in [3.8, 4) is 0 Å². The number of carboxylic acids is 1. The molecule has 2 atom stereocenters. The number of hydrogen-bond donors (Lipinski definition) is 1. The van der Waals surface area contributed by atoms with Crippen LogP contribution in [-0.2, 0) is 4.79 Å². The zero-order chi connectivity index (χ0) is 15.7. The average molecular weight is 315 g/mol. The molecule has 0 radical (unpaired) electrons. The number of rotatable bonds is 3. The summed E-state index contributed by atoms with van der Waals surface area (Å²) in [5, 5.41) is 8.85. The van der Waals surface area contributed by atoms with Crippen LogP contribution >= 0.6 is 11.8 Å². The fourth-order valence-corrected chi connectivity index (χ4v) is 3.77. The first-order chi connectivity index (χ1) is 9.84. The molecule has 1 fully saturated rings. The van der Waals surface area contributed by atoms with Gasteiger partial charge in [0.25, 0.3) is 5.91 Å². The minimum absolute atomic E-state index is 0.0000737. The predicted octanol–water partition coefficient (Wildman–Crippen LogP) is 2.59. The third-order valence-electron chi connectivity index (χ3n) is 3.31. The molecule has 2 unspecified atom stereocenters. The molecular formula is C14H15F2NO3S. The lowest BCUT2D eigenvalue weighted by Gasteiger charge is -2.29. The minimum Gasteiger partial charge on any atom is -0.480 e. The van der Waals surface area contributed by atoms with E-state index in [1.54, 1.807) is 0 Å². The largest absolute Gasteiger partial charge is 0.480 e. The summed E-state index contributed by atoms with van der Waals surface area (Å²) >= 11 is 1.34. The van der Waals surface area contributed by atoms with Gasteiger partial charge in [-0.2, -0.15) is 0 Å². The summed E-state index contributed by atoms with van der Waals surface area (Å²) in [6, 6.07) is 2.28. The maximum Gasteiger partial charge on any atom is 0.327 e. The average Bonchev–Trinajstić information content (AvgIpc) is 2.86. The summed E-state index contributed by atoms with van der Waals surface area (Å²) in [6.45, 7) is 3.70. The molecular weight excluding hydrogens is 300 g/mol. The Balaban J connectivity index is 2.42. The first-order valence-electron chi connectivity index (χ1n) is 6.45. The molecule has 1 heterocycles. The van der Waals surface area contributed by atoms with Gasteiger partial charge in [0, 0.05) is 5.75 Å². The highest BCUT2D eigenvalue weighted by Gasteiger charge is 2.43. The molecule has 1 N–H and O–H groups in total. The van der Waals surface area contributed by atoms with Gasteiger partial charge in [-0.3, -0.25) is 4.79 Å². The zero-order valence-corrected chi connectivity index (χ0v) is 12.4. The van der Waals surface area contributed by atoms with Crippen LogP contribution in [0, 0.1) is 17.6 Å². The molecule has 1 aromatic carbocycles. The van der Waals surface area contributed by atoms with Gasteiger partial charge < -0.3 is 10.0 Å². The van der Waals surface area contributed by atoms with Crippen LogP contribution in [0.4, 0.5) is 8.78 Å². The van der Waals surface area contributed by atoms with Crippen molar-refractivity contribution in [1.82, 2.24) is 4.90 Å². The van der Waals surface area contributed by atoms with E-state index in [0.717, 1.165) is 11.0 Å². The van der Waals surface area contributed by atoms with E-state index >= 15 is 0 Å². The molecule has 1 aliphatic heterocycles. The van der Waals surface area contributed by atoms with E-state index in [0.29, 0.717) is 0 Å². The number of carbonyl (C=O) groups excluding carboxylic acids is 1. The minimum atomic E-state index is -1.24. The van der Waals surface area contributed by atoms with Crippen molar-refractivity contribution in [3.63, 3.8) is 0 Å². The summed E-state index contributed by atoms with van der Waals surface area (Å²) < 4.78 is 27.1. The summed E-state index contributed by atoms with van der Waals surface area (Å²) in [5.41, 5.74) is -0.436. The highest BCUT2D eigenvalue weighted by Crippen LogP contribution is 2.35. The number of carboxylic acid groups (broad SMARTS) is 1. The normalized spacial score (nSPS) is 21.9. The molecule has 0 aromatic heterocycles. The highest BCUT2D eigenvalue weighted by atomic mass is 32.2. The third-order valence-corrected chi connectivity index (χ3v) is 4.93. The van der Waals surface area contributed by atoms with Crippen LogP contribution in [0.25, 0.3) is 0 Å². The first kappa shape index (κ1) is 15.8. The smallest absolute Gasteiger partial charge is 0.327 e. The monoisotopic (exact) mass is 315 g/mol. The Labute approximate surface area is 125 Å². The molecule has 0 bridgehead atoms. The fourth-order valence-electron chi connectivity index (χ4n) is 2.30. The SMILES string of the molecule is CC(C)C1SCC(C(=O)O)N1C(=O)c1cccc(F)c1F. The maximum absolute atomic E-state index is 13.8. The Kier molecular flexibility index (Phi) is 4.51. The predicted molar refractivity (Wildman–Crippen MR) is 75.0 cm³/mol. The lowest BCUT2D eigenvalue weighted by molar-refractivity contribution is -0.141. The number of nitrogens with zero attached hydrogens (tertiary/aromatic N) is 1. The van der Waals surface area contributed by atoms with Crippen molar-refractivity contribution in [1.29, 1.82) is 0 Å². The fraction of sp³-hybridized carbons (Fsp3) is 0.429. The van der Waals surface area contributed by atoms with Gasteiger partial charge in [0.05, 0.1) is 10.9 Å². The van der Waals surface area contributed by atoms with Gasteiger partial charge in [-0.1, -0.05) is 19.9 Å². The highest BCUT2D eigenvalue weighted by molar-refractivity contribution is 8.00. The van der Waals surface area contributed by atoms with E-state index in [1.165, 1.54) is 23.9 Å². The summed E-state index contributed by atoms with van der Waals surface area (Å²) in [6.07, 6.45) is 0. The van der Waals surface area contributed by atoms with Gasteiger partial charge in [0.15, 0.2) is 11.6 Å². The quantitative estimate of drug-likeness (QED) is 0.931. The van der Waals surface area contributed by atoms with Crippen molar-refractivity contribution >= 4 is 23.6 Å². The van der Waals surface area contributed by atoms with E-state index in [2.05, 4.69) is 0 Å². The number of amides is 1. The molecule has 0 spiro atoms. The van der Waals surface area contributed by atoms with Crippen molar-refractivity contribution in [2.75, 3.05) is 5.75 Å². The number of hydrogen-bond acceptors (Lipinski definition) is 3. The zero-order valence-electron chi connectivity index (χ0n) is 11.5. The van der Waals surface area contributed by atoms with Crippen LogP contribution in [-0.4, -0.2) is 39.1 Å². The van der Waals surface area contributed by atoms with E-state index < -0.39 is 35.1 Å². The van der Waals surface area contributed by atoms with E-state index in [9.17, 15) is 23.5 Å². The Hall–Kier alpha value is -1.63. The second-order valence-electron chi connectivity index (χ2n) is 5.14. The number of halogens is 2. The molecule has 114 valence electrons. The summed E-state index contributed by atoms with van der Waals surface area (Å²) in [7, 11) is 0. The number of benzene rings is 1. The molecule has 1 amide bonds. The van der Waals surface area contributed by atoms with Gasteiger partial charge in [0.1, 0.15) is 6.04 Å². The van der Waals surface area contributed by atoms with Crippen LogP contribution in [0.2, 0.25) is 0 Å². The Morgan fingerprint density at radius 1 is 1.38 bits per heavy atom. The van der Waals surface area contributed by atoms with Gasteiger partial charge in [-0.05, 0) is 18.1 Å². The molecule has 1 aromatic rings. The molecule has 0 aliphatic carbocycles. The van der Waals surface area contributed by atoms with Gasteiger partial charge in [-0.25, -0.2) is 13.6 Å². The number of thioether (sulfide) groups is 1. The van der Waals surface area contributed by atoms with E-state index in [1.807, 2.05) is 13.8 Å². The lowest BCUT2D eigenvalue weighted by Crippen LogP contribution is -2.47. The molecule has 4 nitrogen and oxygen atoms in total. The van der Waals surface area contributed by atoms with Crippen LogP contribution < -0.4 is 0 Å². The van der Waals surface area contributed by atoms with Gasteiger partial charge in [-0.15, -0.1) is 11.8 Å². The maximum atomic E-state index is 13.8. The van der Waals surface area contributed by atoms with Crippen molar-refractivity contribution < 1.29 is 23.5 Å². The topological polar surface area (TPSA) is 57.6 Å². The van der Waals surface area contributed by atoms with Gasteiger partial charge >= 0.3 is 5.97 Å². The van der Waals surface area contributed by atoms with Crippen LogP contribution in [0.5, 0.6) is 0 Å². The molecule has 1 aliphatic rings. The third kappa shape index (κ3) is 2.88. The summed E-state index contributed by atoms with van der Waals surface area (Å²) in [4.78, 5) is 24.9. The van der Waals surface area contributed by atoms with Gasteiger partial charge in [0.2, 0.25) is 0 Å². The first-order valence-corrected chi connectivity index (χ1v) is 7.50. The van der Waals surface area contributed by atoms with Crippen LogP contribution in [0.1, 0.15) is 24.2 Å². The standard InChI is InChI=1S/C14H15F2NO3S/c1-7(2)13-17(10(6-21-13)14(19)20)12(18)8-4-3-5-9(15)11(8)16/h3-5,7,10,13H,6H2,1-2H3,(H,19,20). The lowest BCUT2D eigenvalue weighted by atomic mass is 10.1. The Bertz CT molecular complexity index is 579. The van der Waals surface area contributed by atoms with Crippen molar-refractivity contribution in [3.05, 3.63) is 35.4 Å². The summed E-state index contributed by atoms with van der Waals surface area (Å²) in [5.74, 6) is -4.06. The second kappa shape index (κ2) is 6.01. The van der Waals surface area contributed by atoms with Crippen LogP contribution in [0.3, 0.4) is 0 Å². The molecule has 0 saturated carbocycles. The Morgan fingerprint density at radius 2 is 2.05 bits per heavy atom. The molecule has 7 heteroatoms. The Morgan fingerprint density at radius 3 is 2.62 bits per heavy atom. The number of carbonyl (C=O) groups is 2. The molecule has 1 saturated heterocycles. The number of aliphatic carboxylic acids is 1. The van der Waals surface area contributed by atoms with Crippen molar-refractivity contribution in [2.45, 2.75) is 25.3 Å². The molecule has 21 heavy (non-hydrogen) atoms. The van der Waals surface area contributed by atoms with E-state index in [-0.39, 0.29) is 17.0 Å². The molecule has 2 rings (SSSR count). The van der Waals surface area contributed by atoms with Crippen LogP contribution in [0.15, 0.2) is 18.2 Å².